The van der Waals surface area contributed by atoms with Gasteiger partial charge < -0.3 is 14.8 Å². The molecule has 2 aromatic rings. The summed E-state index contributed by atoms with van der Waals surface area (Å²) in [4.78, 5) is 35.1. The molecule has 2 rings (SSSR count). The zero-order valence-corrected chi connectivity index (χ0v) is 16.5. The lowest BCUT2D eigenvalue weighted by molar-refractivity contribution is -0.385. The second-order valence-corrected chi connectivity index (χ2v) is 6.50. The van der Waals surface area contributed by atoms with Gasteiger partial charge in [-0.1, -0.05) is 17.7 Å². The minimum atomic E-state index is -1.14. The van der Waals surface area contributed by atoms with Gasteiger partial charge in [-0.3, -0.25) is 14.9 Å². The number of ether oxygens (including phenoxy) is 2. The largest absolute Gasteiger partial charge is 0.495 e. The van der Waals surface area contributed by atoms with Crippen molar-refractivity contribution in [1.29, 1.82) is 0 Å². The summed E-state index contributed by atoms with van der Waals surface area (Å²) in [6, 6.07) is 7.17. The van der Waals surface area contributed by atoms with Crippen LogP contribution in [0.5, 0.6) is 5.75 Å². The van der Waals surface area contributed by atoms with Crippen molar-refractivity contribution in [2.24, 2.45) is 0 Å². The van der Waals surface area contributed by atoms with Gasteiger partial charge in [-0.2, -0.15) is 0 Å². The zero-order chi connectivity index (χ0) is 21.0. The van der Waals surface area contributed by atoms with E-state index in [1.165, 1.54) is 26.2 Å². The molecule has 0 radical (unpaired) electrons. The molecule has 0 aliphatic heterocycles. The van der Waals surface area contributed by atoms with E-state index in [4.69, 9.17) is 21.1 Å². The number of benzene rings is 2. The average molecular weight is 407 g/mol. The Morgan fingerprint density at radius 2 is 1.86 bits per heavy atom. The number of carbonyl (C=O) groups is 2. The van der Waals surface area contributed by atoms with Gasteiger partial charge in [0.15, 0.2) is 6.10 Å². The van der Waals surface area contributed by atoms with Gasteiger partial charge in [0, 0.05) is 22.7 Å². The third kappa shape index (κ3) is 4.77. The number of aryl methyl sites for hydroxylation is 2. The highest BCUT2D eigenvalue weighted by Crippen LogP contribution is 2.31. The van der Waals surface area contributed by atoms with Gasteiger partial charge in [0.2, 0.25) is 0 Å². The molecule has 0 aliphatic rings. The second kappa shape index (κ2) is 8.71. The fourth-order valence-electron chi connectivity index (χ4n) is 2.38. The molecule has 28 heavy (non-hydrogen) atoms. The summed E-state index contributed by atoms with van der Waals surface area (Å²) >= 11 is 6.04. The van der Waals surface area contributed by atoms with Crippen molar-refractivity contribution in [2.45, 2.75) is 26.9 Å². The van der Waals surface area contributed by atoms with E-state index >= 15 is 0 Å². The van der Waals surface area contributed by atoms with Crippen LogP contribution in [0.2, 0.25) is 5.02 Å². The van der Waals surface area contributed by atoms with Crippen LogP contribution in [0.15, 0.2) is 30.3 Å². The predicted octanol–water partition coefficient (Wildman–Crippen LogP) is 4.06. The Hall–Kier alpha value is -3.13. The lowest BCUT2D eigenvalue weighted by Crippen LogP contribution is -2.30. The minimum absolute atomic E-state index is 0.0168. The maximum Gasteiger partial charge on any atom is 0.339 e. The molecule has 0 fully saturated rings. The maximum absolute atomic E-state index is 12.4. The fourth-order valence-corrected chi connectivity index (χ4v) is 2.53. The smallest absolute Gasteiger partial charge is 0.339 e. The van der Waals surface area contributed by atoms with Crippen LogP contribution < -0.4 is 10.1 Å². The van der Waals surface area contributed by atoms with E-state index in [-0.39, 0.29) is 11.3 Å². The molecule has 1 amide bonds. The predicted molar refractivity (Wildman–Crippen MR) is 104 cm³/mol. The molecule has 8 nitrogen and oxygen atoms in total. The van der Waals surface area contributed by atoms with E-state index in [1.807, 2.05) is 0 Å². The van der Waals surface area contributed by atoms with Crippen LogP contribution in [0.1, 0.15) is 28.4 Å². The van der Waals surface area contributed by atoms with Gasteiger partial charge in [0.1, 0.15) is 5.75 Å². The molecule has 0 saturated heterocycles. The van der Waals surface area contributed by atoms with Gasteiger partial charge in [-0.05, 0) is 38.5 Å². The summed E-state index contributed by atoms with van der Waals surface area (Å²) in [5.74, 6) is -1.07. The molecule has 1 atom stereocenters. The van der Waals surface area contributed by atoms with Crippen LogP contribution in [-0.4, -0.2) is 30.0 Å². The first-order valence-corrected chi connectivity index (χ1v) is 8.62. The maximum atomic E-state index is 12.4. The number of methoxy groups -OCH3 is 1. The number of carbonyl (C=O) groups excluding carboxylic acids is 2. The van der Waals surface area contributed by atoms with Crippen LogP contribution in [0.25, 0.3) is 0 Å². The van der Waals surface area contributed by atoms with E-state index < -0.39 is 22.9 Å². The van der Waals surface area contributed by atoms with Crippen molar-refractivity contribution < 1.29 is 24.0 Å². The lowest BCUT2D eigenvalue weighted by atomic mass is 10.1. The lowest BCUT2D eigenvalue weighted by Gasteiger charge is -2.16. The molecule has 2 aromatic carbocycles. The summed E-state index contributed by atoms with van der Waals surface area (Å²) in [6.07, 6.45) is -1.14. The molecule has 0 aliphatic carbocycles. The summed E-state index contributed by atoms with van der Waals surface area (Å²) in [6.45, 7) is 4.72. The quantitative estimate of drug-likeness (QED) is 0.440. The van der Waals surface area contributed by atoms with Crippen molar-refractivity contribution in [3.8, 4) is 5.75 Å². The normalized spacial score (nSPS) is 11.5. The number of rotatable bonds is 6. The molecular formula is C19H19ClN2O6. The first kappa shape index (κ1) is 21.2. The Bertz CT molecular complexity index is 944. The summed E-state index contributed by atoms with van der Waals surface area (Å²) in [7, 11) is 1.43. The topological polar surface area (TPSA) is 108 Å². The van der Waals surface area contributed by atoms with Crippen molar-refractivity contribution in [2.75, 3.05) is 12.4 Å². The molecule has 1 N–H and O–H groups in total. The van der Waals surface area contributed by atoms with E-state index in [9.17, 15) is 19.7 Å². The number of hydrogen-bond donors (Lipinski definition) is 1. The highest BCUT2D eigenvalue weighted by atomic mass is 35.5. The molecule has 0 unspecified atom stereocenters. The zero-order valence-electron chi connectivity index (χ0n) is 15.7. The molecule has 0 heterocycles. The third-order valence-corrected chi connectivity index (χ3v) is 4.44. The average Bonchev–Trinajstić information content (AvgIpc) is 2.64. The first-order valence-electron chi connectivity index (χ1n) is 8.25. The number of nitrogens with one attached hydrogen (secondary N) is 1. The Balaban J connectivity index is 2.13. The highest BCUT2D eigenvalue weighted by molar-refractivity contribution is 6.31. The van der Waals surface area contributed by atoms with Crippen LogP contribution in [0.3, 0.4) is 0 Å². The van der Waals surface area contributed by atoms with E-state index in [2.05, 4.69) is 5.32 Å². The van der Waals surface area contributed by atoms with E-state index in [0.29, 0.717) is 22.0 Å². The minimum Gasteiger partial charge on any atom is -0.495 e. The summed E-state index contributed by atoms with van der Waals surface area (Å²) in [5.41, 5.74) is 1.31. The Kier molecular flexibility index (Phi) is 6.58. The van der Waals surface area contributed by atoms with Gasteiger partial charge in [0.25, 0.3) is 11.6 Å². The summed E-state index contributed by atoms with van der Waals surface area (Å²) in [5, 5.41) is 14.1. The Labute approximate surface area is 166 Å². The molecule has 0 aromatic heterocycles. The number of nitrogens with zero attached hydrogens (tertiary/aromatic N) is 1. The van der Waals surface area contributed by atoms with Crippen molar-refractivity contribution >= 4 is 34.9 Å². The first-order chi connectivity index (χ1) is 13.1. The van der Waals surface area contributed by atoms with E-state index in [1.54, 1.807) is 26.0 Å². The second-order valence-electron chi connectivity index (χ2n) is 6.10. The number of amides is 1. The van der Waals surface area contributed by atoms with Crippen LogP contribution in [0, 0.1) is 24.0 Å². The van der Waals surface area contributed by atoms with Gasteiger partial charge in [-0.25, -0.2) is 4.79 Å². The van der Waals surface area contributed by atoms with Gasteiger partial charge in [-0.15, -0.1) is 0 Å². The van der Waals surface area contributed by atoms with Crippen molar-refractivity contribution in [1.82, 2.24) is 0 Å². The van der Waals surface area contributed by atoms with Gasteiger partial charge >= 0.3 is 5.97 Å². The number of esters is 1. The molecular weight excluding hydrogens is 388 g/mol. The third-order valence-electron chi connectivity index (χ3n) is 4.03. The molecule has 9 heteroatoms. The van der Waals surface area contributed by atoms with Crippen LogP contribution in [0.4, 0.5) is 11.4 Å². The standard InChI is InChI=1S/C19H19ClN2O6/c1-10-5-6-13(8-16(10)22(25)26)19(24)28-12(3)18(23)21-15-7-11(2)14(20)9-17(15)27-4/h5-9,12H,1-4H3,(H,21,23)/t12-/m0/s1. The van der Waals surface area contributed by atoms with Crippen LogP contribution in [-0.2, 0) is 9.53 Å². The van der Waals surface area contributed by atoms with E-state index in [0.717, 1.165) is 11.6 Å². The molecule has 0 spiro atoms. The number of anilines is 1. The number of hydrogen-bond acceptors (Lipinski definition) is 6. The van der Waals surface area contributed by atoms with Crippen molar-refractivity contribution in [3.05, 3.63) is 62.2 Å². The van der Waals surface area contributed by atoms with Crippen molar-refractivity contribution in [3.63, 3.8) is 0 Å². The molecule has 148 valence electrons. The highest BCUT2D eigenvalue weighted by Gasteiger charge is 2.22. The monoisotopic (exact) mass is 406 g/mol. The Morgan fingerprint density at radius 3 is 2.46 bits per heavy atom. The number of nitro benzene ring substituents is 1. The van der Waals surface area contributed by atoms with Crippen LogP contribution >= 0.6 is 11.6 Å². The number of halogens is 1. The van der Waals surface area contributed by atoms with Gasteiger partial charge in [0.05, 0.1) is 23.3 Å². The fraction of sp³-hybridized carbons (Fsp3) is 0.263. The number of nitro groups is 1. The molecule has 0 bridgehead atoms. The Morgan fingerprint density at radius 1 is 1.18 bits per heavy atom. The summed E-state index contributed by atoms with van der Waals surface area (Å²) < 4.78 is 10.3. The SMILES string of the molecule is COc1cc(Cl)c(C)cc1NC(=O)[C@H](C)OC(=O)c1ccc(C)c([N+](=O)[O-])c1. The molecule has 0 saturated carbocycles.